The number of hydrogen-bond acceptors (Lipinski definition) is 2. The first-order chi connectivity index (χ1) is 9.61. The maximum atomic E-state index is 10.9. The number of carboxylic acids is 1. The van der Waals surface area contributed by atoms with Gasteiger partial charge < -0.3 is 5.11 Å². The van der Waals surface area contributed by atoms with Crippen molar-refractivity contribution >= 4 is 5.97 Å². The highest BCUT2D eigenvalue weighted by Crippen LogP contribution is 2.23. The summed E-state index contributed by atoms with van der Waals surface area (Å²) in [6.45, 7) is 5.10. The Morgan fingerprint density at radius 1 is 1.25 bits per heavy atom. The van der Waals surface area contributed by atoms with Crippen LogP contribution in [0.5, 0.6) is 0 Å². The van der Waals surface area contributed by atoms with E-state index in [0.717, 1.165) is 29.8 Å². The van der Waals surface area contributed by atoms with Gasteiger partial charge in [-0.2, -0.15) is 5.10 Å². The molecule has 4 heteroatoms. The first kappa shape index (κ1) is 14.3. The standard InChI is InChI=1S/C16H20N2O2/c1-3-4-5-10-18-11-15(12(2)17-18)13-6-8-14(9-7-13)16(19)20/h6-9,11H,3-5,10H2,1-2H3,(H,19,20). The van der Waals surface area contributed by atoms with Crippen molar-refractivity contribution in [2.75, 3.05) is 0 Å². The van der Waals surface area contributed by atoms with Gasteiger partial charge in [0, 0.05) is 18.3 Å². The zero-order valence-electron chi connectivity index (χ0n) is 12.0. The van der Waals surface area contributed by atoms with Crippen LogP contribution >= 0.6 is 0 Å². The number of benzene rings is 1. The maximum absolute atomic E-state index is 10.9. The number of unbranched alkanes of at least 4 members (excludes halogenated alkanes) is 2. The first-order valence-electron chi connectivity index (χ1n) is 6.99. The Bertz CT molecular complexity index is 585. The minimum absolute atomic E-state index is 0.307. The zero-order valence-corrected chi connectivity index (χ0v) is 12.0. The number of hydrogen-bond donors (Lipinski definition) is 1. The van der Waals surface area contributed by atoms with Crippen LogP contribution in [0.15, 0.2) is 30.5 Å². The monoisotopic (exact) mass is 272 g/mol. The average molecular weight is 272 g/mol. The second-order valence-electron chi connectivity index (χ2n) is 4.98. The molecule has 106 valence electrons. The fraction of sp³-hybridized carbons (Fsp3) is 0.375. The Morgan fingerprint density at radius 2 is 1.95 bits per heavy atom. The molecule has 0 aliphatic heterocycles. The van der Waals surface area contributed by atoms with Gasteiger partial charge in [0.2, 0.25) is 0 Å². The second kappa shape index (κ2) is 6.37. The van der Waals surface area contributed by atoms with Gasteiger partial charge in [-0.05, 0) is 31.0 Å². The lowest BCUT2D eigenvalue weighted by Crippen LogP contribution is -1.98. The van der Waals surface area contributed by atoms with Gasteiger partial charge in [0.1, 0.15) is 0 Å². The molecule has 0 saturated heterocycles. The third kappa shape index (κ3) is 3.26. The zero-order chi connectivity index (χ0) is 14.5. The van der Waals surface area contributed by atoms with Crippen molar-refractivity contribution in [2.24, 2.45) is 0 Å². The van der Waals surface area contributed by atoms with Gasteiger partial charge in [-0.3, -0.25) is 4.68 Å². The highest BCUT2D eigenvalue weighted by Gasteiger charge is 2.08. The van der Waals surface area contributed by atoms with E-state index in [1.807, 2.05) is 29.9 Å². The van der Waals surface area contributed by atoms with Crippen molar-refractivity contribution in [3.05, 3.63) is 41.7 Å². The normalized spacial score (nSPS) is 10.7. The average Bonchev–Trinajstić information content (AvgIpc) is 2.80. The highest BCUT2D eigenvalue weighted by atomic mass is 16.4. The summed E-state index contributed by atoms with van der Waals surface area (Å²) in [5.41, 5.74) is 3.36. The summed E-state index contributed by atoms with van der Waals surface area (Å²) in [7, 11) is 0. The van der Waals surface area contributed by atoms with Crippen molar-refractivity contribution < 1.29 is 9.90 Å². The molecular weight excluding hydrogens is 252 g/mol. The Morgan fingerprint density at radius 3 is 2.55 bits per heavy atom. The van der Waals surface area contributed by atoms with E-state index in [1.54, 1.807) is 12.1 Å². The van der Waals surface area contributed by atoms with Gasteiger partial charge in [-0.1, -0.05) is 31.9 Å². The van der Waals surface area contributed by atoms with Crippen LogP contribution in [0.25, 0.3) is 11.1 Å². The summed E-state index contributed by atoms with van der Waals surface area (Å²) in [4.78, 5) is 10.9. The van der Waals surface area contributed by atoms with Crippen LogP contribution < -0.4 is 0 Å². The van der Waals surface area contributed by atoms with Crippen LogP contribution in [-0.2, 0) is 6.54 Å². The molecule has 1 aromatic heterocycles. The van der Waals surface area contributed by atoms with E-state index >= 15 is 0 Å². The van der Waals surface area contributed by atoms with E-state index in [4.69, 9.17) is 5.11 Å². The van der Waals surface area contributed by atoms with E-state index in [1.165, 1.54) is 12.8 Å². The number of aryl methyl sites for hydroxylation is 2. The third-order valence-electron chi connectivity index (χ3n) is 3.38. The number of aromatic carboxylic acids is 1. The predicted molar refractivity (Wildman–Crippen MR) is 78.9 cm³/mol. The number of rotatable bonds is 6. The Labute approximate surface area is 119 Å². The number of carbonyl (C=O) groups is 1. The molecule has 0 aliphatic carbocycles. The molecule has 0 spiro atoms. The van der Waals surface area contributed by atoms with Gasteiger partial charge in [-0.25, -0.2) is 4.79 Å². The van der Waals surface area contributed by atoms with Crippen LogP contribution in [-0.4, -0.2) is 20.9 Å². The van der Waals surface area contributed by atoms with E-state index in [0.29, 0.717) is 5.56 Å². The van der Waals surface area contributed by atoms with Crippen LogP contribution in [0.2, 0.25) is 0 Å². The van der Waals surface area contributed by atoms with Gasteiger partial charge in [0.25, 0.3) is 0 Å². The van der Waals surface area contributed by atoms with E-state index in [9.17, 15) is 4.79 Å². The molecule has 0 bridgehead atoms. The molecule has 20 heavy (non-hydrogen) atoms. The molecule has 0 fully saturated rings. The van der Waals surface area contributed by atoms with Gasteiger partial charge in [0.15, 0.2) is 0 Å². The lowest BCUT2D eigenvalue weighted by molar-refractivity contribution is 0.0697. The molecule has 0 atom stereocenters. The van der Waals surface area contributed by atoms with E-state index < -0.39 is 5.97 Å². The number of carboxylic acid groups (broad SMARTS) is 1. The van der Waals surface area contributed by atoms with Crippen molar-refractivity contribution in [1.29, 1.82) is 0 Å². The van der Waals surface area contributed by atoms with Gasteiger partial charge in [-0.15, -0.1) is 0 Å². The fourth-order valence-electron chi connectivity index (χ4n) is 2.23. The molecular formula is C16H20N2O2. The molecule has 0 unspecified atom stereocenters. The van der Waals surface area contributed by atoms with Crippen molar-refractivity contribution in [3.63, 3.8) is 0 Å². The van der Waals surface area contributed by atoms with Crippen molar-refractivity contribution in [2.45, 2.75) is 39.7 Å². The maximum Gasteiger partial charge on any atom is 0.335 e. The minimum atomic E-state index is -0.900. The van der Waals surface area contributed by atoms with Crippen LogP contribution in [0, 0.1) is 6.92 Å². The Balaban J connectivity index is 2.17. The summed E-state index contributed by atoms with van der Waals surface area (Å²) in [6.07, 6.45) is 5.58. The SMILES string of the molecule is CCCCCn1cc(-c2ccc(C(=O)O)cc2)c(C)n1. The summed E-state index contributed by atoms with van der Waals surface area (Å²) in [5, 5.41) is 13.4. The minimum Gasteiger partial charge on any atom is -0.478 e. The highest BCUT2D eigenvalue weighted by molar-refractivity contribution is 5.88. The number of aromatic nitrogens is 2. The summed E-state index contributed by atoms with van der Waals surface area (Å²) < 4.78 is 1.98. The van der Waals surface area contributed by atoms with Gasteiger partial charge in [0.05, 0.1) is 11.3 Å². The lowest BCUT2D eigenvalue weighted by Gasteiger charge is -2.00. The second-order valence-corrected chi connectivity index (χ2v) is 4.98. The topological polar surface area (TPSA) is 55.1 Å². The van der Waals surface area contributed by atoms with Gasteiger partial charge >= 0.3 is 5.97 Å². The molecule has 1 N–H and O–H groups in total. The Kier molecular flexibility index (Phi) is 4.56. The summed E-state index contributed by atoms with van der Waals surface area (Å²) >= 11 is 0. The molecule has 1 aromatic carbocycles. The number of nitrogens with zero attached hydrogens (tertiary/aromatic N) is 2. The third-order valence-corrected chi connectivity index (χ3v) is 3.38. The quantitative estimate of drug-likeness (QED) is 0.815. The van der Waals surface area contributed by atoms with Crippen LogP contribution in [0.4, 0.5) is 0 Å². The molecule has 2 rings (SSSR count). The fourth-order valence-corrected chi connectivity index (χ4v) is 2.23. The molecule has 2 aromatic rings. The molecule has 0 radical (unpaired) electrons. The smallest absolute Gasteiger partial charge is 0.335 e. The molecule has 0 saturated carbocycles. The molecule has 4 nitrogen and oxygen atoms in total. The molecule has 0 amide bonds. The molecule has 0 aliphatic rings. The lowest BCUT2D eigenvalue weighted by atomic mass is 10.1. The molecule has 1 heterocycles. The Hall–Kier alpha value is -2.10. The predicted octanol–water partition coefficient (Wildman–Crippen LogP) is 3.75. The first-order valence-corrected chi connectivity index (χ1v) is 6.99. The van der Waals surface area contributed by atoms with E-state index in [2.05, 4.69) is 12.0 Å². The van der Waals surface area contributed by atoms with Crippen LogP contribution in [0.3, 0.4) is 0 Å². The summed E-state index contributed by atoms with van der Waals surface area (Å²) in [6, 6.07) is 6.94. The van der Waals surface area contributed by atoms with E-state index in [-0.39, 0.29) is 0 Å². The summed E-state index contributed by atoms with van der Waals surface area (Å²) in [5.74, 6) is -0.900. The van der Waals surface area contributed by atoms with Crippen LogP contribution in [0.1, 0.15) is 42.2 Å². The van der Waals surface area contributed by atoms with Crippen molar-refractivity contribution in [1.82, 2.24) is 9.78 Å². The van der Waals surface area contributed by atoms with Crippen molar-refractivity contribution in [3.8, 4) is 11.1 Å². The largest absolute Gasteiger partial charge is 0.478 e.